The SMILES string of the molecule is CC(C)CSc1nc2c(cc1C#N)CCCC2. The number of hydrogen-bond acceptors (Lipinski definition) is 3. The summed E-state index contributed by atoms with van der Waals surface area (Å²) in [5.41, 5.74) is 3.28. The number of fused-ring (bicyclic) bond motifs is 1. The van der Waals surface area contributed by atoms with Crippen LogP contribution in [-0.2, 0) is 12.8 Å². The average Bonchev–Trinajstić information content (AvgIpc) is 2.35. The molecule has 0 saturated heterocycles. The van der Waals surface area contributed by atoms with Gasteiger partial charge in [-0.3, -0.25) is 0 Å². The minimum Gasteiger partial charge on any atom is -0.245 e. The third kappa shape index (κ3) is 3.01. The fourth-order valence-electron chi connectivity index (χ4n) is 2.05. The van der Waals surface area contributed by atoms with Gasteiger partial charge in [-0.2, -0.15) is 5.26 Å². The summed E-state index contributed by atoms with van der Waals surface area (Å²) >= 11 is 1.72. The Balaban J connectivity index is 2.27. The highest BCUT2D eigenvalue weighted by atomic mass is 32.2. The highest BCUT2D eigenvalue weighted by Gasteiger charge is 2.15. The Kier molecular flexibility index (Phi) is 4.06. The predicted molar refractivity (Wildman–Crippen MR) is 71.2 cm³/mol. The number of nitriles is 1. The lowest BCUT2D eigenvalue weighted by Gasteiger charge is -2.16. The molecule has 1 aromatic rings. The van der Waals surface area contributed by atoms with Gasteiger partial charge in [-0.15, -0.1) is 11.8 Å². The first-order valence-corrected chi connectivity index (χ1v) is 7.25. The van der Waals surface area contributed by atoms with Crippen LogP contribution in [0.2, 0.25) is 0 Å². The molecule has 0 aromatic carbocycles. The predicted octanol–water partition coefficient (Wildman–Crippen LogP) is 3.58. The lowest BCUT2D eigenvalue weighted by atomic mass is 9.95. The van der Waals surface area contributed by atoms with Crippen LogP contribution in [0.5, 0.6) is 0 Å². The van der Waals surface area contributed by atoms with Gasteiger partial charge in [0.1, 0.15) is 11.1 Å². The summed E-state index contributed by atoms with van der Waals surface area (Å²) in [6.45, 7) is 4.38. The summed E-state index contributed by atoms with van der Waals surface area (Å²) in [5.74, 6) is 1.66. The number of nitrogens with zero attached hydrogens (tertiary/aromatic N) is 2. The first-order chi connectivity index (χ1) is 8.20. The Morgan fingerprint density at radius 3 is 2.88 bits per heavy atom. The Hall–Kier alpha value is -1.01. The molecule has 1 aliphatic rings. The maximum absolute atomic E-state index is 9.18. The van der Waals surface area contributed by atoms with Gasteiger partial charge in [0, 0.05) is 11.4 Å². The number of aryl methyl sites for hydroxylation is 2. The molecule has 0 N–H and O–H groups in total. The van der Waals surface area contributed by atoms with E-state index >= 15 is 0 Å². The summed E-state index contributed by atoms with van der Waals surface area (Å²) < 4.78 is 0. The largest absolute Gasteiger partial charge is 0.245 e. The molecule has 1 aromatic heterocycles. The number of rotatable bonds is 3. The molecular weight excluding hydrogens is 228 g/mol. The normalized spacial score (nSPS) is 14.5. The minimum atomic E-state index is 0.629. The van der Waals surface area contributed by atoms with Crippen molar-refractivity contribution in [2.24, 2.45) is 5.92 Å². The maximum atomic E-state index is 9.18. The van der Waals surface area contributed by atoms with Crippen molar-refractivity contribution in [3.8, 4) is 6.07 Å². The van der Waals surface area contributed by atoms with Crippen LogP contribution >= 0.6 is 11.8 Å². The molecule has 0 spiro atoms. The van der Waals surface area contributed by atoms with E-state index in [4.69, 9.17) is 4.98 Å². The van der Waals surface area contributed by atoms with Crippen LogP contribution in [0.3, 0.4) is 0 Å². The van der Waals surface area contributed by atoms with Gasteiger partial charge in [0.05, 0.1) is 5.56 Å². The van der Waals surface area contributed by atoms with Crippen molar-refractivity contribution in [1.82, 2.24) is 4.98 Å². The monoisotopic (exact) mass is 246 g/mol. The van der Waals surface area contributed by atoms with Crippen LogP contribution in [0.15, 0.2) is 11.1 Å². The molecule has 0 saturated carbocycles. The molecule has 17 heavy (non-hydrogen) atoms. The Labute approximate surface area is 107 Å². The van der Waals surface area contributed by atoms with Crippen LogP contribution in [0, 0.1) is 17.2 Å². The minimum absolute atomic E-state index is 0.629. The number of pyridine rings is 1. The lowest BCUT2D eigenvalue weighted by molar-refractivity contribution is 0.659. The van der Waals surface area contributed by atoms with Gasteiger partial charge in [0.2, 0.25) is 0 Å². The van der Waals surface area contributed by atoms with Crippen molar-refractivity contribution in [3.63, 3.8) is 0 Å². The average molecular weight is 246 g/mol. The zero-order valence-electron chi connectivity index (χ0n) is 10.5. The molecule has 1 heterocycles. The van der Waals surface area contributed by atoms with Gasteiger partial charge in [-0.05, 0) is 43.2 Å². The molecule has 2 nitrogen and oxygen atoms in total. The summed E-state index contributed by atoms with van der Waals surface area (Å²) in [5, 5.41) is 10.1. The number of thioether (sulfide) groups is 1. The van der Waals surface area contributed by atoms with Crippen molar-refractivity contribution < 1.29 is 0 Å². The van der Waals surface area contributed by atoms with Crippen molar-refractivity contribution in [2.45, 2.75) is 44.6 Å². The summed E-state index contributed by atoms with van der Waals surface area (Å²) in [4.78, 5) is 4.70. The molecule has 3 heteroatoms. The molecule has 0 amide bonds. The second-order valence-electron chi connectivity index (χ2n) is 4.97. The molecule has 90 valence electrons. The number of aromatic nitrogens is 1. The second-order valence-corrected chi connectivity index (χ2v) is 5.98. The first kappa shape index (κ1) is 12.4. The molecule has 0 bridgehead atoms. The van der Waals surface area contributed by atoms with Crippen molar-refractivity contribution >= 4 is 11.8 Å². The number of hydrogen-bond donors (Lipinski definition) is 0. The van der Waals surface area contributed by atoms with Crippen LogP contribution in [-0.4, -0.2) is 10.7 Å². The van der Waals surface area contributed by atoms with Crippen molar-refractivity contribution in [3.05, 3.63) is 22.9 Å². The van der Waals surface area contributed by atoms with E-state index in [1.54, 1.807) is 11.8 Å². The van der Waals surface area contributed by atoms with E-state index in [2.05, 4.69) is 26.0 Å². The maximum Gasteiger partial charge on any atom is 0.114 e. The quantitative estimate of drug-likeness (QED) is 0.765. The smallest absolute Gasteiger partial charge is 0.114 e. The van der Waals surface area contributed by atoms with Gasteiger partial charge in [0.25, 0.3) is 0 Å². The molecule has 0 fully saturated rings. The van der Waals surface area contributed by atoms with E-state index in [0.717, 1.165) is 29.2 Å². The van der Waals surface area contributed by atoms with E-state index in [-0.39, 0.29) is 0 Å². The van der Waals surface area contributed by atoms with Gasteiger partial charge in [-0.1, -0.05) is 13.8 Å². The zero-order valence-corrected chi connectivity index (χ0v) is 11.3. The van der Waals surface area contributed by atoms with E-state index in [1.165, 1.54) is 24.1 Å². The fourth-order valence-corrected chi connectivity index (χ4v) is 2.98. The van der Waals surface area contributed by atoms with Gasteiger partial charge in [-0.25, -0.2) is 4.98 Å². The van der Waals surface area contributed by atoms with E-state index < -0.39 is 0 Å². The van der Waals surface area contributed by atoms with E-state index in [0.29, 0.717) is 5.92 Å². The zero-order chi connectivity index (χ0) is 12.3. The van der Waals surface area contributed by atoms with Gasteiger partial charge in [0.15, 0.2) is 0 Å². The van der Waals surface area contributed by atoms with E-state index in [9.17, 15) is 5.26 Å². The van der Waals surface area contributed by atoms with Gasteiger partial charge < -0.3 is 0 Å². The summed E-state index contributed by atoms with van der Waals surface area (Å²) in [6.07, 6.45) is 4.64. The Morgan fingerprint density at radius 1 is 1.41 bits per heavy atom. The van der Waals surface area contributed by atoms with Crippen LogP contribution in [0.4, 0.5) is 0 Å². The van der Waals surface area contributed by atoms with Crippen molar-refractivity contribution in [2.75, 3.05) is 5.75 Å². The topological polar surface area (TPSA) is 36.7 Å². The van der Waals surface area contributed by atoms with E-state index in [1.807, 2.05) is 0 Å². The molecule has 0 unspecified atom stereocenters. The van der Waals surface area contributed by atoms with Crippen LogP contribution in [0.1, 0.15) is 43.5 Å². The molecular formula is C14H18N2S. The molecule has 2 rings (SSSR count). The standard InChI is InChI=1S/C14H18N2S/c1-10(2)9-17-14-12(8-15)7-11-5-3-4-6-13(11)16-14/h7,10H,3-6,9H2,1-2H3. The lowest BCUT2D eigenvalue weighted by Crippen LogP contribution is -2.07. The Morgan fingerprint density at radius 2 is 2.18 bits per heavy atom. The van der Waals surface area contributed by atoms with Crippen molar-refractivity contribution in [1.29, 1.82) is 5.26 Å². The Bertz CT molecular complexity index is 446. The van der Waals surface area contributed by atoms with Crippen LogP contribution in [0.25, 0.3) is 0 Å². The molecule has 0 aliphatic heterocycles. The summed E-state index contributed by atoms with van der Waals surface area (Å²) in [6, 6.07) is 4.35. The molecule has 1 aliphatic carbocycles. The third-order valence-electron chi connectivity index (χ3n) is 2.94. The fraction of sp³-hybridized carbons (Fsp3) is 0.571. The highest BCUT2D eigenvalue weighted by Crippen LogP contribution is 2.28. The molecule has 0 atom stereocenters. The summed E-state index contributed by atoms with van der Waals surface area (Å²) in [7, 11) is 0. The highest BCUT2D eigenvalue weighted by molar-refractivity contribution is 7.99. The second kappa shape index (κ2) is 5.55. The van der Waals surface area contributed by atoms with Crippen LogP contribution < -0.4 is 0 Å². The third-order valence-corrected chi connectivity index (χ3v) is 4.36. The van der Waals surface area contributed by atoms with Gasteiger partial charge >= 0.3 is 0 Å². The molecule has 0 radical (unpaired) electrons. The first-order valence-electron chi connectivity index (χ1n) is 6.26.